The molecule has 26 heavy (non-hydrogen) atoms. The summed E-state index contributed by atoms with van der Waals surface area (Å²) in [5, 5.41) is 19.5. The van der Waals surface area contributed by atoms with E-state index in [0.29, 0.717) is 5.69 Å². The molecule has 0 fully saturated rings. The summed E-state index contributed by atoms with van der Waals surface area (Å²) in [6, 6.07) is 15.4. The zero-order valence-corrected chi connectivity index (χ0v) is 13.9. The highest BCUT2D eigenvalue weighted by molar-refractivity contribution is 7.85. The van der Waals surface area contributed by atoms with Gasteiger partial charge in [-0.2, -0.15) is 18.8 Å². The van der Waals surface area contributed by atoms with E-state index in [4.69, 9.17) is 4.55 Å². The van der Waals surface area contributed by atoms with E-state index in [-0.39, 0.29) is 22.0 Å². The van der Waals surface area contributed by atoms with Crippen LogP contribution in [0.1, 0.15) is 5.69 Å². The van der Waals surface area contributed by atoms with E-state index >= 15 is 0 Å². The third kappa shape index (κ3) is 3.44. The van der Waals surface area contributed by atoms with E-state index in [1.807, 2.05) is 6.07 Å². The highest BCUT2D eigenvalue weighted by Gasteiger charge is 2.15. The molecule has 0 radical (unpaired) electrons. The lowest BCUT2D eigenvalue weighted by atomic mass is 10.3. The number of nitrogens with one attached hydrogen (secondary N) is 1. The summed E-state index contributed by atoms with van der Waals surface area (Å²) >= 11 is 0. The maximum absolute atomic E-state index is 12.5. The average molecular weight is 369 g/mol. The third-order valence-corrected chi connectivity index (χ3v) is 4.26. The van der Waals surface area contributed by atoms with Gasteiger partial charge in [0, 0.05) is 0 Å². The molecule has 0 amide bonds. The number of nitrogens with zero attached hydrogens (tertiary/aromatic N) is 4. The molecule has 10 heteroatoms. The fourth-order valence-electron chi connectivity index (χ4n) is 2.15. The standard InChI is InChI=1S/C16H11N5O4S/c17-10-14-15(16(22)21(20-14)12-4-2-1-3-5-12)19-18-11-6-8-13(9-7-11)26(23,24)25/h1-9,20H,(H,23,24,25). The Bertz CT molecular complexity index is 1170. The van der Waals surface area contributed by atoms with Crippen molar-refractivity contribution in [2.24, 2.45) is 10.2 Å². The Hall–Kier alpha value is -3.55. The van der Waals surface area contributed by atoms with Crippen molar-refractivity contribution in [2.75, 3.05) is 0 Å². The summed E-state index contributed by atoms with van der Waals surface area (Å²) in [4.78, 5) is 12.2. The zero-order valence-electron chi connectivity index (χ0n) is 13.1. The number of rotatable bonds is 4. The number of H-pyrrole nitrogens is 1. The van der Waals surface area contributed by atoms with Crippen LogP contribution in [0.15, 0.2) is 74.5 Å². The maximum Gasteiger partial charge on any atom is 0.300 e. The number of nitriles is 1. The van der Waals surface area contributed by atoms with Gasteiger partial charge in [-0.05, 0) is 36.4 Å². The molecule has 0 saturated heterocycles. The Balaban J connectivity index is 1.98. The molecule has 0 aliphatic heterocycles. The van der Waals surface area contributed by atoms with Gasteiger partial charge in [-0.15, -0.1) is 5.11 Å². The minimum atomic E-state index is -4.31. The van der Waals surface area contributed by atoms with Crippen LogP contribution in [0.2, 0.25) is 0 Å². The predicted molar refractivity (Wildman–Crippen MR) is 91.5 cm³/mol. The van der Waals surface area contributed by atoms with Crippen molar-refractivity contribution in [3.63, 3.8) is 0 Å². The van der Waals surface area contributed by atoms with Crippen LogP contribution in [0.5, 0.6) is 0 Å². The average Bonchev–Trinajstić information content (AvgIpc) is 2.96. The fraction of sp³-hybridized carbons (Fsp3) is 0. The van der Waals surface area contributed by atoms with E-state index in [1.165, 1.54) is 16.8 Å². The van der Waals surface area contributed by atoms with Gasteiger partial charge in [0.2, 0.25) is 0 Å². The van der Waals surface area contributed by atoms with E-state index < -0.39 is 15.7 Å². The Morgan fingerprint density at radius 1 is 1.04 bits per heavy atom. The molecule has 2 N–H and O–H groups in total. The second kappa shape index (κ2) is 6.75. The second-order valence-corrected chi connectivity index (χ2v) is 6.51. The first kappa shape index (κ1) is 17.3. The van der Waals surface area contributed by atoms with E-state index in [1.54, 1.807) is 30.3 Å². The van der Waals surface area contributed by atoms with Gasteiger partial charge in [0.1, 0.15) is 6.07 Å². The molecule has 0 spiro atoms. The Morgan fingerprint density at radius 2 is 1.69 bits per heavy atom. The van der Waals surface area contributed by atoms with Crippen molar-refractivity contribution < 1.29 is 13.0 Å². The highest BCUT2D eigenvalue weighted by atomic mass is 32.2. The van der Waals surface area contributed by atoms with Crippen molar-refractivity contribution >= 4 is 21.5 Å². The van der Waals surface area contributed by atoms with Crippen molar-refractivity contribution in [3.05, 3.63) is 70.6 Å². The third-order valence-electron chi connectivity index (χ3n) is 3.39. The lowest BCUT2D eigenvalue weighted by Crippen LogP contribution is -2.13. The Labute approximate surface area is 147 Å². The molecule has 0 atom stereocenters. The van der Waals surface area contributed by atoms with Crippen molar-refractivity contribution in [2.45, 2.75) is 4.90 Å². The van der Waals surface area contributed by atoms with Crippen molar-refractivity contribution in [1.29, 1.82) is 5.26 Å². The lowest BCUT2D eigenvalue weighted by molar-refractivity contribution is 0.483. The SMILES string of the molecule is N#Cc1[nH]n(-c2ccccc2)c(=O)c1N=Nc1ccc(S(=O)(=O)O)cc1. The summed E-state index contributed by atoms with van der Waals surface area (Å²) < 4.78 is 32.1. The highest BCUT2D eigenvalue weighted by Crippen LogP contribution is 2.20. The van der Waals surface area contributed by atoms with Gasteiger partial charge in [-0.3, -0.25) is 14.4 Å². The van der Waals surface area contributed by atoms with Gasteiger partial charge in [0.15, 0.2) is 11.4 Å². The van der Waals surface area contributed by atoms with Crippen LogP contribution in [0.4, 0.5) is 11.4 Å². The molecule has 0 aliphatic carbocycles. The van der Waals surface area contributed by atoms with Crippen molar-refractivity contribution in [1.82, 2.24) is 9.78 Å². The number of aromatic nitrogens is 2. The summed E-state index contributed by atoms with van der Waals surface area (Å²) in [7, 11) is -4.31. The molecule has 3 rings (SSSR count). The van der Waals surface area contributed by atoms with E-state index in [9.17, 15) is 18.5 Å². The summed E-state index contributed by atoms with van der Waals surface area (Å²) in [5.74, 6) is 0. The molecule has 3 aromatic rings. The minimum absolute atomic E-state index is 0.0582. The minimum Gasteiger partial charge on any atom is -0.282 e. The van der Waals surface area contributed by atoms with Crippen molar-refractivity contribution in [3.8, 4) is 11.8 Å². The summed E-state index contributed by atoms with van der Waals surface area (Å²) in [6.07, 6.45) is 0. The molecule has 1 aromatic heterocycles. The van der Waals surface area contributed by atoms with Crippen LogP contribution in [0, 0.1) is 11.3 Å². The molecule has 0 unspecified atom stereocenters. The van der Waals surface area contributed by atoms with Gasteiger partial charge in [0.05, 0.1) is 16.3 Å². The number of aromatic amines is 1. The molecule has 0 saturated carbocycles. The maximum atomic E-state index is 12.5. The van der Waals surface area contributed by atoms with Crippen LogP contribution in [-0.2, 0) is 10.1 Å². The van der Waals surface area contributed by atoms with E-state index in [0.717, 1.165) is 12.1 Å². The predicted octanol–water partition coefficient (Wildman–Crippen LogP) is 2.70. The first-order valence-corrected chi connectivity index (χ1v) is 8.64. The normalized spacial score (nSPS) is 11.5. The Morgan fingerprint density at radius 3 is 2.27 bits per heavy atom. The number of para-hydroxylation sites is 1. The van der Waals surface area contributed by atoms with Crippen LogP contribution in [0.25, 0.3) is 5.69 Å². The van der Waals surface area contributed by atoms with Crippen LogP contribution in [-0.4, -0.2) is 22.8 Å². The molecule has 2 aromatic carbocycles. The van der Waals surface area contributed by atoms with Gasteiger partial charge >= 0.3 is 0 Å². The summed E-state index contributed by atoms with van der Waals surface area (Å²) in [5.41, 5.74) is -0.000434. The number of hydrogen-bond acceptors (Lipinski definition) is 6. The van der Waals surface area contributed by atoms with Crippen LogP contribution < -0.4 is 5.56 Å². The molecular weight excluding hydrogens is 358 g/mol. The quantitative estimate of drug-likeness (QED) is 0.537. The number of hydrogen-bond donors (Lipinski definition) is 2. The molecule has 130 valence electrons. The van der Waals surface area contributed by atoms with E-state index in [2.05, 4.69) is 15.3 Å². The topological polar surface area (TPSA) is 141 Å². The smallest absolute Gasteiger partial charge is 0.282 e. The number of benzene rings is 2. The largest absolute Gasteiger partial charge is 0.300 e. The zero-order chi connectivity index (χ0) is 18.7. The fourth-order valence-corrected chi connectivity index (χ4v) is 2.63. The van der Waals surface area contributed by atoms with Gasteiger partial charge < -0.3 is 0 Å². The van der Waals surface area contributed by atoms with Crippen LogP contribution >= 0.6 is 0 Å². The first-order valence-electron chi connectivity index (χ1n) is 7.20. The summed E-state index contributed by atoms with van der Waals surface area (Å²) in [6.45, 7) is 0. The second-order valence-electron chi connectivity index (χ2n) is 5.09. The monoisotopic (exact) mass is 369 g/mol. The molecule has 9 nitrogen and oxygen atoms in total. The van der Waals surface area contributed by atoms with Gasteiger partial charge in [-0.25, -0.2) is 4.68 Å². The molecule has 0 aliphatic rings. The first-order chi connectivity index (χ1) is 12.4. The molecule has 0 bridgehead atoms. The number of azo groups is 1. The molecule has 1 heterocycles. The lowest BCUT2D eigenvalue weighted by Gasteiger charge is -1.98. The van der Waals surface area contributed by atoms with Gasteiger partial charge in [0.25, 0.3) is 15.7 Å². The Kier molecular flexibility index (Phi) is 4.49. The van der Waals surface area contributed by atoms with Gasteiger partial charge in [-0.1, -0.05) is 18.2 Å². The van der Waals surface area contributed by atoms with Crippen LogP contribution in [0.3, 0.4) is 0 Å². The molecular formula is C16H11N5O4S.